The van der Waals surface area contributed by atoms with Gasteiger partial charge >= 0.3 is 0 Å². The summed E-state index contributed by atoms with van der Waals surface area (Å²) >= 11 is 0. The molecule has 2 aliphatic rings. The highest BCUT2D eigenvalue weighted by Crippen LogP contribution is 2.20. The van der Waals surface area contributed by atoms with Crippen molar-refractivity contribution < 1.29 is 4.79 Å². The Bertz CT molecular complexity index is 210. The summed E-state index contributed by atoms with van der Waals surface area (Å²) in [4.78, 5) is 10.9. The van der Waals surface area contributed by atoms with E-state index in [-0.39, 0.29) is 5.91 Å². The molecule has 0 saturated carbocycles. The molecule has 1 fully saturated rings. The fourth-order valence-electron chi connectivity index (χ4n) is 1.66. The van der Waals surface area contributed by atoms with Crippen LogP contribution in [0.15, 0.2) is 11.8 Å². The number of hydrogen-bond acceptors (Lipinski definition) is 2. The van der Waals surface area contributed by atoms with Gasteiger partial charge in [-0.15, -0.1) is 0 Å². The van der Waals surface area contributed by atoms with Gasteiger partial charge in [-0.3, -0.25) is 4.79 Å². The van der Waals surface area contributed by atoms with E-state index < -0.39 is 0 Å². The molecular weight excluding hydrogens is 140 g/mol. The van der Waals surface area contributed by atoms with Crippen LogP contribution in [0, 0.1) is 5.92 Å². The van der Waals surface area contributed by atoms with Crippen molar-refractivity contribution in [3.05, 3.63) is 11.8 Å². The summed E-state index contributed by atoms with van der Waals surface area (Å²) in [6, 6.07) is 0. The van der Waals surface area contributed by atoms with Crippen molar-refractivity contribution in [3.8, 4) is 0 Å². The minimum atomic E-state index is 0.175. The lowest BCUT2D eigenvalue weighted by molar-refractivity contribution is -0.121. The van der Waals surface area contributed by atoms with Crippen LogP contribution in [0.4, 0.5) is 0 Å². The van der Waals surface area contributed by atoms with Crippen molar-refractivity contribution in [2.75, 3.05) is 13.1 Å². The molecular formula is C8H12N2O. The van der Waals surface area contributed by atoms with Crippen LogP contribution in [0.25, 0.3) is 0 Å². The number of carbonyl (C=O) groups is 1. The number of nitrogens with one attached hydrogen (secondary N) is 2. The van der Waals surface area contributed by atoms with Crippen LogP contribution in [-0.4, -0.2) is 19.0 Å². The number of hydrogen-bond donors (Lipinski definition) is 2. The van der Waals surface area contributed by atoms with Crippen molar-refractivity contribution in [1.82, 2.24) is 10.6 Å². The predicted octanol–water partition coefficient (Wildman–Crippen LogP) is -0.000300. The van der Waals surface area contributed by atoms with Crippen molar-refractivity contribution in [1.29, 1.82) is 0 Å². The van der Waals surface area contributed by atoms with E-state index in [9.17, 15) is 4.79 Å². The van der Waals surface area contributed by atoms with Gasteiger partial charge in [0.05, 0.1) is 0 Å². The standard InChI is InChI=1S/C8H12N2O/c11-8-2-1-6-5-9-4-3-7(6)10-8/h3,6,9H,1-2,4-5H2,(H,10,11). The Kier molecular flexibility index (Phi) is 1.66. The molecule has 1 saturated heterocycles. The molecule has 0 aromatic carbocycles. The molecule has 1 unspecified atom stereocenters. The highest BCUT2D eigenvalue weighted by Gasteiger charge is 2.24. The molecule has 0 aromatic rings. The van der Waals surface area contributed by atoms with Crippen LogP contribution in [0.2, 0.25) is 0 Å². The van der Waals surface area contributed by atoms with Gasteiger partial charge in [0.2, 0.25) is 5.91 Å². The highest BCUT2D eigenvalue weighted by atomic mass is 16.1. The van der Waals surface area contributed by atoms with Crippen molar-refractivity contribution in [3.63, 3.8) is 0 Å². The van der Waals surface area contributed by atoms with E-state index in [1.54, 1.807) is 0 Å². The minimum Gasteiger partial charge on any atom is -0.330 e. The maximum Gasteiger partial charge on any atom is 0.224 e. The SMILES string of the molecule is O=C1CCC2CNCC=C2N1. The Hall–Kier alpha value is -0.830. The van der Waals surface area contributed by atoms with Gasteiger partial charge < -0.3 is 10.6 Å². The van der Waals surface area contributed by atoms with Gasteiger partial charge in [0.1, 0.15) is 0 Å². The molecule has 0 radical (unpaired) electrons. The summed E-state index contributed by atoms with van der Waals surface area (Å²) in [6.07, 6.45) is 3.76. The Morgan fingerprint density at radius 3 is 3.36 bits per heavy atom. The van der Waals surface area contributed by atoms with Crippen LogP contribution in [0.3, 0.4) is 0 Å². The Morgan fingerprint density at radius 1 is 1.55 bits per heavy atom. The lowest BCUT2D eigenvalue weighted by Crippen LogP contribution is -2.41. The molecule has 3 nitrogen and oxygen atoms in total. The van der Waals surface area contributed by atoms with Crippen molar-refractivity contribution in [2.24, 2.45) is 5.92 Å². The Labute approximate surface area is 65.9 Å². The molecule has 0 spiro atoms. The van der Waals surface area contributed by atoms with E-state index in [1.807, 2.05) is 0 Å². The third kappa shape index (κ3) is 1.28. The summed E-state index contributed by atoms with van der Waals surface area (Å²) in [5.41, 5.74) is 1.14. The first-order chi connectivity index (χ1) is 5.36. The monoisotopic (exact) mass is 152 g/mol. The fraction of sp³-hybridized carbons (Fsp3) is 0.625. The fourth-order valence-corrected chi connectivity index (χ4v) is 1.66. The molecule has 0 aliphatic carbocycles. The third-order valence-electron chi connectivity index (χ3n) is 2.30. The second-order valence-corrected chi connectivity index (χ2v) is 3.10. The average molecular weight is 152 g/mol. The van der Waals surface area contributed by atoms with Crippen LogP contribution >= 0.6 is 0 Å². The van der Waals surface area contributed by atoms with E-state index in [0.29, 0.717) is 12.3 Å². The van der Waals surface area contributed by atoms with Crippen LogP contribution in [0.1, 0.15) is 12.8 Å². The molecule has 2 rings (SSSR count). The maximum absolute atomic E-state index is 10.9. The zero-order chi connectivity index (χ0) is 7.68. The average Bonchev–Trinajstić information content (AvgIpc) is 2.04. The molecule has 60 valence electrons. The van der Waals surface area contributed by atoms with Gasteiger partial charge in [-0.2, -0.15) is 0 Å². The molecule has 0 bridgehead atoms. The number of fused-ring (bicyclic) bond motifs is 1. The van der Waals surface area contributed by atoms with Gasteiger partial charge in [0, 0.05) is 31.1 Å². The number of amides is 1. The molecule has 0 aromatic heterocycles. The van der Waals surface area contributed by atoms with Gasteiger partial charge in [-0.25, -0.2) is 0 Å². The summed E-state index contributed by atoms with van der Waals surface area (Å²) in [5, 5.41) is 6.17. The second-order valence-electron chi connectivity index (χ2n) is 3.10. The zero-order valence-electron chi connectivity index (χ0n) is 6.39. The summed E-state index contributed by atoms with van der Waals surface area (Å²) in [6.45, 7) is 1.91. The van der Waals surface area contributed by atoms with Crippen LogP contribution < -0.4 is 10.6 Å². The van der Waals surface area contributed by atoms with E-state index >= 15 is 0 Å². The van der Waals surface area contributed by atoms with E-state index in [2.05, 4.69) is 16.7 Å². The second kappa shape index (κ2) is 2.66. The van der Waals surface area contributed by atoms with E-state index in [0.717, 1.165) is 25.2 Å². The van der Waals surface area contributed by atoms with Crippen LogP contribution in [-0.2, 0) is 4.79 Å². The first-order valence-corrected chi connectivity index (χ1v) is 4.07. The molecule has 11 heavy (non-hydrogen) atoms. The first kappa shape index (κ1) is 6.85. The molecule has 2 N–H and O–H groups in total. The highest BCUT2D eigenvalue weighted by molar-refractivity contribution is 5.79. The third-order valence-corrected chi connectivity index (χ3v) is 2.30. The van der Waals surface area contributed by atoms with E-state index in [4.69, 9.17) is 0 Å². The van der Waals surface area contributed by atoms with E-state index in [1.165, 1.54) is 0 Å². The number of piperidine rings is 1. The lowest BCUT2D eigenvalue weighted by Gasteiger charge is -2.29. The molecule has 3 heteroatoms. The largest absolute Gasteiger partial charge is 0.330 e. The Morgan fingerprint density at radius 2 is 2.45 bits per heavy atom. The summed E-state index contributed by atoms with van der Waals surface area (Å²) in [7, 11) is 0. The quantitative estimate of drug-likeness (QED) is 0.513. The summed E-state index contributed by atoms with van der Waals surface area (Å²) < 4.78 is 0. The van der Waals surface area contributed by atoms with Gasteiger partial charge in [0.25, 0.3) is 0 Å². The van der Waals surface area contributed by atoms with Crippen molar-refractivity contribution >= 4 is 5.91 Å². The smallest absolute Gasteiger partial charge is 0.224 e. The maximum atomic E-state index is 10.9. The van der Waals surface area contributed by atoms with Gasteiger partial charge in [-0.1, -0.05) is 6.08 Å². The zero-order valence-corrected chi connectivity index (χ0v) is 6.39. The molecule has 1 amide bonds. The molecule has 1 atom stereocenters. The lowest BCUT2D eigenvalue weighted by atomic mass is 9.93. The topological polar surface area (TPSA) is 41.1 Å². The van der Waals surface area contributed by atoms with Crippen molar-refractivity contribution in [2.45, 2.75) is 12.8 Å². The minimum absolute atomic E-state index is 0.175. The number of rotatable bonds is 0. The van der Waals surface area contributed by atoms with Gasteiger partial charge in [0.15, 0.2) is 0 Å². The number of carbonyl (C=O) groups excluding carboxylic acids is 1. The normalized spacial score (nSPS) is 30.4. The van der Waals surface area contributed by atoms with Crippen LogP contribution in [0.5, 0.6) is 0 Å². The Balaban J connectivity index is 2.13. The van der Waals surface area contributed by atoms with Gasteiger partial charge in [-0.05, 0) is 6.42 Å². The molecule has 2 aliphatic heterocycles. The predicted molar refractivity (Wildman–Crippen MR) is 41.8 cm³/mol. The molecule has 2 heterocycles. The first-order valence-electron chi connectivity index (χ1n) is 4.07. The summed E-state index contributed by atoms with van der Waals surface area (Å²) in [5.74, 6) is 0.732.